The van der Waals surface area contributed by atoms with Gasteiger partial charge in [0.05, 0.1) is 16.9 Å². The van der Waals surface area contributed by atoms with Gasteiger partial charge in [-0.1, -0.05) is 12.1 Å². The van der Waals surface area contributed by atoms with Crippen molar-refractivity contribution in [2.45, 2.75) is 32.2 Å². The van der Waals surface area contributed by atoms with Gasteiger partial charge in [0.2, 0.25) is 5.91 Å². The molecule has 0 fully saturated rings. The number of nitrogens with two attached hydrogens (primary N) is 1. The molecule has 7 heteroatoms. The molecule has 3 N–H and O–H groups in total. The highest BCUT2D eigenvalue weighted by Crippen LogP contribution is 2.19. The topological polar surface area (TPSA) is 107 Å². The zero-order chi connectivity index (χ0) is 17.3. The van der Waals surface area contributed by atoms with Crippen LogP contribution in [0.4, 0.5) is 5.69 Å². The number of anilines is 1. The first-order valence-corrected chi connectivity index (χ1v) is 7.78. The molecule has 0 saturated carbocycles. The molecule has 1 aliphatic carbocycles. The number of amides is 2. The number of fused-ring (bicyclic) bond motifs is 1. The summed E-state index contributed by atoms with van der Waals surface area (Å²) in [5, 5.41) is 6.97. The molecule has 1 aliphatic rings. The normalized spacial score (nSPS) is 14.0. The van der Waals surface area contributed by atoms with Crippen molar-refractivity contribution in [3.8, 4) is 0 Å². The molecule has 24 heavy (non-hydrogen) atoms. The lowest BCUT2D eigenvalue weighted by Gasteiger charge is -2.16. The Morgan fingerprint density at radius 1 is 1.29 bits per heavy atom. The molecule has 0 unspecified atom stereocenters. The van der Waals surface area contributed by atoms with Crippen molar-refractivity contribution in [1.29, 1.82) is 0 Å². The van der Waals surface area contributed by atoms with E-state index in [0.29, 0.717) is 5.69 Å². The van der Waals surface area contributed by atoms with E-state index < -0.39 is 17.9 Å². The Kier molecular flexibility index (Phi) is 4.16. The van der Waals surface area contributed by atoms with E-state index in [9.17, 15) is 14.4 Å². The number of hydrogen-bond donors (Lipinski definition) is 2. The molecule has 1 heterocycles. The number of aromatic nitrogens is 2. The van der Waals surface area contributed by atoms with Crippen LogP contribution in [0.15, 0.2) is 35.1 Å². The molecule has 0 aliphatic heterocycles. The lowest BCUT2D eigenvalue weighted by atomic mass is 10.1. The second-order valence-corrected chi connectivity index (χ2v) is 5.83. The summed E-state index contributed by atoms with van der Waals surface area (Å²) in [7, 11) is 0. The number of nitrogens with one attached hydrogen (secondary N) is 1. The highest BCUT2D eigenvalue weighted by atomic mass is 16.2. The minimum Gasteiger partial charge on any atom is -0.366 e. The molecular formula is C17H18N4O3. The van der Waals surface area contributed by atoms with Gasteiger partial charge in [-0.15, -0.1) is 0 Å². The first kappa shape index (κ1) is 15.9. The predicted octanol–water partition coefficient (Wildman–Crippen LogP) is 1.03. The number of nitrogens with zero attached hydrogens (tertiary/aromatic N) is 2. The third-order valence-electron chi connectivity index (χ3n) is 4.18. The van der Waals surface area contributed by atoms with Crippen LogP contribution in [0.1, 0.15) is 41.0 Å². The van der Waals surface area contributed by atoms with Crippen LogP contribution in [0.2, 0.25) is 0 Å². The smallest absolute Gasteiger partial charge is 0.267 e. The van der Waals surface area contributed by atoms with Crippen LogP contribution in [0.25, 0.3) is 0 Å². The van der Waals surface area contributed by atoms with E-state index in [-0.39, 0.29) is 11.1 Å². The molecule has 0 spiro atoms. The number of benzene rings is 1. The van der Waals surface area contributed by atoms with Crippen LogP contribution in [0.5, 0.6) is 0 Å². The van der Waals surface area contributed by atoms with E-state index >= 15 is 0 Å². The van der Waals surface area contributed by atoms with Crippen molar-refractivity contribution in [3.63, 3.8) is 0 Å². The average molecular weight is 326 g/mol. The Morgan fingerprint density at radius 3 is 2.79 bits per heavy atom. The summed E-state index contributed by atoms with van der Waals surface area (Å²) in [5.41, 5.74) is 7.36. The average Bonchev–Trinajstić information content (AvgIpc) is 3.00. The van der Waals surface area contributed by atoms with Gasteiger partial charge in [-0.25, -0.2) is 4.68 Å². The quantitative estimate of drug-likeness (QED) is 0.875. The zero-order valence-corrected chi connectivity index (χ0v) is 13.3. The summed E-state index contributed by atoms with van der Waals surface area (Å²) in [4.78, 5) is 36.1. The maximum Gasteiger partial charge on any atom is 0.267 e. The van der Waals surface area contributed by atoms with Gasteiger partial charge in [-0.05, 0) is 43.9 Å². The van der Waals surface area contributed by atoms with E-state index in [1.54, 1.807) is 31.2 Å². The number of para-hydroxylation sites is 1. The van der Waals surface area contributed by atoms with Crippen LogP contribution < -0.4 is 16.6 Å². The highest BCUT2D eigenvalue weighted by Gasteiger charge is 2.22. The van der Waals surface area contributed by atoms with Gasteiger partial charge in [0, 0.05) is 6.07 Å². The second kappa shape index (κ2) is 6.27. The molecule has 7 nitrogen and oxygen atoms in total. The number of rotatable bonds is 4. The lowest BCUT2D eigenvalue weighted by molar-refractivity contribution is -0.119. The molecule has 1 atom stereocenters. The number of carbonyl (C=O) groups excluding carboxylic acids is 2. The fourth-order valence-corrected chi connectivity index (χ4v) is 2.85. The maximum atomic E-state index is 12.5. The number of carbonyl (C=O) groups is 2. The van der Waals surface area contributed by atoms with Gasteiger partial charge < -0.3 is 11.1 Å². The molecule has 1 aromatic carbocycles. The molecule has 1 aromatic heterocycles. The number of aryl methyl sites for hydroxylation is 2. The van der Waals surface area contributed by atoms with Crippen molar-refractivity contribution in [2.75, 3.05) is 5.32 Å². The molecular weight excluding hydrogens is 308 g/mol. The van der Waals surface area contributed by atoms with Crippen molar-refractivity contribution >= 4 is 17.5 Å². The van der Waals surface area contributed by atoms with E-state index in [2.05, 4.69) is 10.4 Å². The number of primary amides is 1. The molecule has 2 amide bonds. The van der Waals surface area contributed by atoms with E-state index in [1.165, 1.54) is 10.7 Å². The summed E-state index contributed by atoms with van der Waals surface area (Å²) >= 11 is 0. The van der Waals surface area contributed by atoms with E-state index in [1.807, 2.05) is 0 Å². The van der Waals surface area contributed by atoms with E-state index in [4.69, 9.17) is 5.73 Å². The summed E-state index contributed by atoms with van der Waals surface area (Å²) in [6, 6.07) is 7.21. The zero-order valence-electron chi connectivity index (χ0n) is 13.3. The van der Waals surface area contributed by atoms with Crippen LogP contribution in [-0.4, -0.2) is 21.6 Å². The largest absolute Gasteiger partial charge is 0.366 e. The van der Waals surface area contributed by atoms with Crippen molar-refractivity contribution in [2.24, 2.45) is 5.73 Å². The van der Waals surface area contributed by atoms with Gasteiger partial charge >= 0.3 is 0 Å². The molecule has 0 saturated heterocycles. The summed E-state index contributed by atoms with van der Waals surface area (Å²) < 4.78 is 1.19. The third-order valence-corrected chi connectivity index (χ3v) is 4.18. The van der Waals surface area contributed by atoms with Crippen LogP contribution in [0, 0.1) is 0 Å². The Balaban J connectivity index is 1.86. The minimum atomic E-state index is -0.802. The first-order valence-electron chi connectivity index (χ1n) is 7.78. The SMILES string of the molecule is C[C@H](C(=O)Nc1ccccc1C(N)=O)n1nc2c(cc1=O)CCC2. The lowest BCUT2D eigenvalue weighted by Crippen LogP contribution is -2.34. The molecule has 3 rings (SSSR count). The van der Waals surface area contributed by atoms with Crippen LogP contribution in [-0.2, 0) is 17.6 Å². The van der Waals surface area contributed by atoms with Gasteiger partial charge in [-0.3, -0.25) is 14.4 Å². The monoisotopic (exact) mass is 326 g/mol. The minimum absolute atomic E-state index is 0.215. The Hall–Kier alpha value is -2.96. The molecule has 124 valence electrons. The number of hydrogen-bond acceptors (Lipinski definition) is 4. The van der Waals surface area contributed by atoms with Crippen molar-refractivity contribution < 1.29 is 9.59 Å². The summed E-state index contributed by atoms with van der Waals surface area (Å²) in [5.74, 6) is -1.07. The Morgan fingerprint density at radius 2 is 2.04 bits per heavy atom. The molecule has 0 radical (unpaired) electrons. The van der Waals surface area contributed by atoms with Gasteiger partial charge in [0.1, 0.15) is 6.04 Å². The highest BCUT2D eigenvalue weighted by molar-refractivity contribution is 6.03. The first-order chi connectivity index (χ1) is 11.5. The van der Waals surface area contributed by atoms with Gasteiger partial charge in [0.25, 0.3) is 11.5 Å². The van der Waals surface area contributed by atoms with Gasteiger partial charge in [-0.2, -0.15) is 5.10 Å². The molecule has 0 bridgehead atoms. The van der Waals surface area contributed by atoms with Crippen LogP contribution in [0.3, 0.4) is 0 Å². The fourth-order valence-electron chi connectivity index (χ4n) is 2.85. The second-order valence-electron chi connectivity index (χ2n) is 5.83. The van der Waals surface area contributed by atoms with Crippen LogP contribution >= 0.6 is 0 Å². The van der Waals surface area contributed by atoms with E-state index in [0.717, 1.165) is 30.5 Å². The summed E-state index contributed by atoms with van der Waals surface area (Å²) in [6.07, 6.45) is 2.64. The van der Waals surface area contributed by atoms with Crippen molar-refractivity contribution in [3.05, 3.63) is 57.5 Å². The Labute approximate surface area is 138 Å². The Bertz CT molecular complexity index is 872. The maximum absolute atomic E-state index is 12.5. The third kappa shape index (κ3) is 2.92. The van der Waals surface area contributed by atoms with Crippen molar-refractivity contribution in [1.82, 2.24) is 9.78 Å². The van der Waals surface area contributed by atoms with Gasteiger partial charge in [0.15, 0.2) is 0 Å². The standard InChI is InChI=1S/C17H18N4O3/c1-10(21-15(22)9-11-5-4-8-13(11)20-21)17(24)19-14-7-3-2-6-12(14)16(18)23/h2-3,6-7,9-10H,4-5,8H2,1H3,(H2,18,23)(H,19,24)/t10-/m1/s1. The molecule has 2 aromatic rings. The predicted molar refractivity (Wildman–Crippen MR) is 88.8 cm³/mol. The summed E-state index contributed by atoms with van der Waals surface area (Å²) in [6.45, 7) is 1.60. The fraction of sp³-hybridized carbons (Fsp3) is 0.294.